The Labute approximate surface area is 164 Å². The van der Waals surface area contributed by atoms with Gasteiger partial charge in [0.15, 0.2) is 0 Å². The van der Waals surface area contributed by atoms with E-state index in [4.69, 9.17) is 12.2 Å². The molecule has 0 fully saturated rings. The Kier molecular flexibility index (Phi) is 27.6. The fraction of sp³-hybridized carbons (Fsp3) is 0.941. The largest absolute Gasteiger partial charge is 0.412 e. The third kappa shape index (κ3) is 18.9. The summed E-state index contributed by atoms with van der Waals surface area (Å²) in [6.45, 7) is 6.73. The van der Waals surface area contributed by atoms with Crippen LogP contribution >= 0.6 is 24.8 Å². The fourth-order valence-electron chi connectivity index (χ4n) is 2.47. The summed E-state index contributed by atoms with van der Waals surface area (Å²) in [5.74, 6) is 0. The molecule has 0 bridgehead atoms. The molecule has 22 heavy (non-hydrogen) atoms. The van der Waals surface area contributed by atoms with Gasteiger partial charge in [-0.25, -0.2) is 0 Å². The van der Waals surface area contributed by atoms with E-state index in [-0.39, 0.29) is 26.5 Å². The van der Waals surface area contributed by atoms with Gasteiger partial charge in [0.25, 0.3) is 0 Å². The number of hydrogen-bond acceptors (Lipinski definition) is 1. The second-order valence-corrected chi connectivity index (χ2v) is 6.92. The molecule has 0 radical (unpaired) electrons. The van der Waals surface area contributed by atoms with E-state index in [2.05, 4.69) is 31.4 Å². The summed E-state index contributed by atoms with van der Waals surface area (Å²) >= 11 is 9.61. The van der Waals surface area contributed by atoms with Crippen LogP contribution in [0.4, 0.5) is 0 Å². The average molecular weight is 432 g/mol. The molecular weight excluding hydrogens is 394 g/mol. The first-order valence-corrected chi connectivity index (χ1v) is 9.55. The van der Waals surface area contributed by atoms with E-state index in [1.165, 1.54) is 77.0 Å². The molecule has 0 aromatic rings. The van der Waals surface area contributed by atoms with Crippen LogP contribution in [0.1, 0.15) is 90.9 Å². The molecule has 0 unspecified atom stereocenters. The maximum atomic E-state index is 5.25. The molecule has 0 aromatic carbocycles. The molecule has 0 heterocycles. The van der Waals surface area contributed by atoms with Crippen molar-refractivity contribution in [2.24, 2.45) is 0 Å². The van der Waals surface area contributed by atoms with Gasteiger partial charge in [-0.3, -0.25) is 0 Å². The molecule has 0 aliphatic carbocycles. The first-order valence-electron chi connectivity index (χ1n) is 8.70. The van der Waals surface area contributed by atoms with Gasteiger partial charge in [-0.1, -0.05) is 90.3 Å². The van der Waals surface area contributed by atoms with Gasteiger partial charge in [-0.2, -0.15) is 0 Å². The van der Waals surface area contributed by atoms with Crippen molar-refractivity contribution in [2.75, 3.05) is 13.1 Å². The molecule has 5 heteroatoms. The third-order valence-electron chi connectivity index (χ3n) is 3.83. The van der Waals surface area contributed by atoms with Crippen molar-refractivity contribution < 1.29 is 26.5 Å². The predicted octanol–water partition coefficient (Wildman–Crippen LogP) is 5.40. The Morgan fingerprint density at radius 3 is 1.36 bits per heavy atom. The average Bonchev–Trinajstić information content (AvgIpc) is 2.43. The number of nitrogens with zero attached hydrogens (tertiary/aromatic N) is 1. The maximum Gasteiger partial charge on any atom is 0.133 e. The van der Waals surface area contributed by atoms with Gasteiger partial charge in [0.1, 0.15) is 4.32 Å². The summed E-state index contributed by atoms with van der Waals surface area (Å²) in [7, 11) is 0. The van der Waals surface area contributed by atoms with E-state index in [0.717, 1.165) is 17.4 Å². The molecule has 0 aromatic heterocycles. The topological polar surface area (TPSA) is 34.7 Å². The Morgan fingerprint density at radius 1 is 0.727 bits per heavy atom. The van der Waals surface area contributed by atoms with Crippen LogP contribution < -0.4 is 0 Å². The number of thiocarbonyl (C=S) groups is 1. The molecule has 0 saturated heterocycles. The van der Waals surface area contributed by atoms with Crippen LogP contribution in [0.25, 0.3) is 0 Å². The van der Waals surface area contributed by atoms with Crippen LogP contribution in [0.5, 0.6) is 0 Å². The second-order valence-electron chi connectivity index (χ2n) is 5.81. The Balaban J connectivity index is -0.00000180. The van der Waals surface area contributed by atoms with Gasteiger partial charge < -0.3 is 10.4 Å². The van der Waals surface area contributed by atoms with Crippen molar-refractivity contribution in [3.8, 4) is 0 Å². The van der Waals surface area contributed by atoms with E-state index in [9.17, 15) is 0 Å². The van der Waals surface area contributed by atoms with E-state index in [1.54, 1.807) is 0 Å². The van der Waals surface area contributed by atoms with Crippen LogP contribution in [0.3, 0.4) is 0 Å². The van der Waals surface area contributed by atoms with Gasteiger partial charge in [0.2, 0.25) is 0 Å². The zero-order valence-electron chi connectivity index (χ0n) is 14.6. The van der Waals surface area contributed by atoms with E-state index < -0.39 is 0 Å². The predicted molar refractivity (Wildman–Crippen MR) is 104 cm³/mol. The summed E-state index contributed by atoms with van der Waals surface area (Å²) in [5, 5.41) is 0. The SMILES string of the molecule is CCCCCCCCN(CCCCCCCC)C(=S)S.O.[Mo]. The molecule has 134 valence electrons. The van der Waals surface area contributed by atoms with Gasteiger partial charge in [0.05, 0.1) is 0 Å². The smallest absolute Gasteiger partial charge is 0.133 e. The monoisotopic (exact) mass is 433 g/mol. The summed E-state index contributed by atoms with van der Waals surface area (Å²) in [6.07, 6.45) is 16.1. The van der Waals surface area contributed by atoms with Crippen molar-refractivity contribution in [1.29, 1.82) is 0 Å². The van der Waals surface area contributed by atoms with Crippen molar-refractivity contribution in [3.05, 3.63) is 0 Å². The van der Waals surface area contributed by atoms with Crippen molar-refractivity contribution in [2.45, 2.75) is 90.9 Å². The molecule has 0 aliphatic rings. The molecule has 2 nitrogen and oxygen atoms in total. The Morgan fingerprint density at radius 2 is 1.05 bits per heavy atom. The summed E-state index contributed by atoms with van der Waals surface area (Å²) in [6, 6.07) is 0. The standard InChI is InChI=1S/C17H35NS2.Mo.H2O/c1-3-5-7-9-11-13-15-18(17(19)20)16-14-12-10-8-6-4-2;;/h3-16H2,1-2H3,(H,19,20);;1H2. The number of thiol groups is 1. The Bertz CT molecular complexity index is 215. The molecule has 2 N–H and O–H groups in total. The Hall–Kier alpha value is 0.888. The molecule has 0 aliphatic heterocycles. The zero-order chi connectivity index (χ0) is 15.1. The van der Waals surface area contributed by atoms with E-state index in [0.29, 0.717) is 0 Å². The molecular formula is C17H37MoNOS2. The van der Waals surface area contributed by atoms with Crippen LogP contribution in [-0.4, -0.2) is 27.8 Å². The molecule has 0 amide bonds. The van der Waals surface area contributed by atoms with Gasteiger partial charge in [0, 0.05) is 34.2 Å². The van der Waals surface area contributed by atoms with Crippen molar-refractivity contribution in [3.63, 3.8) is 0 Å². The summed E-state index contributed by atoms with van der Waals surface area (Å²) in [4.78, 5) is 2.29. The molecule has 0 rings (SSSR count). The van der Waals surface area contributed by atoms with Crippen LogP contribution in [0, 0.1) is 0 Å². The number of hydrogen-bond donors (Lipinski definition) is 1. The van der Waals surface area contributed by atoms with Crippen LogP contribution in [0.15, 0.2) is 0 Å². The minimum absolute atomic E-state index is 0. The summed E-state index contributed by atoms with van der Waals surface area (Å²) in [5.41, 5.74) is 0. The first-order chi connectivity index (χ1) is 9.72. The zero-order valence-corrected chi connectivity index (χ0v) is 18.3. The minimum Gasteiger partial charge on any atom is -0.412 e. The first kappa shape index (κ1) is 27.7. The van der Waals surface area contributed by atoms with Crippen molar-refractivity contribution >= 4 is 29.2 Å². The quantitative estimate of drug-likeness (QED) is 0.173. The van der Waals surface area contributed by atoms with Gasteiger partial charge >= 0.3 is 0 Å². The van der Waals surface area contributed by atoms with E-state index in [1.807, 2.05) is 0 Å². The summed E-state index contributed by atoms with van der Waals surface area (Å²) < 4.78 is 0.784. The number of unbranched alkanes of at least 4 members (excludes halogenated alkanes) is 10. The third-order valence-corrected chi connectivity index (χ3v) is 4.37. The molecule has 0 spiro atoms. The second kappa shape index (κ2) is 21.9. The normalized spacial score (nSPS) is 9.77. The molecule has 0 saturated carbocycles. The molecule has 0 atom stereocenters. The van der Waals surface area contributed by atoms with Crippen molar-refractivity contribution in [1.82, 2.24) is 4.90 Å². The van der Waals surface area contributed by atoms with Gasteiger partial charge in [-0.05, 0) is 12.8 Å². The minimum atomic E-state index is 0. The maximum absolute atomic E-state index is 5.25. The van der Waals surface area contributed by atoms with E-state index >= 15 is 0 Å². The fourth-order valence-corrected chi connectivity index (χ4v) is 2.85. The number of rotatable bonds is 14. The van der Waals surface area contributed by atoms with Crippen LogP contribution in [0.2, 0.25) is 0 Å². The van der Waals surface area contributed by atoms with Crippen LogP contribution in [-0.2, 0) is 21.1 Å². The van der Waals surface area contributed by atoms with Gasteiger partial charge in [-0.15, -0.1) is 12.6 Å².